The van der Waals surface area contributed by atoms with Gasteiger partial charge in [0.1, 0.15) is 0 Å². The SMILES string of the molecule is COc1nc(N2CCOCC2)ncc1CO. The highest BCUT2D eigenvalue weighted by Crippen LogP contribution is 2.18. The number of aliphatic hydroxyl groups excluding tert-OH is 1. The maximum Gasteiger partial charge on any atom is 0.228 e. The molecule has 0 unspecified atom stereocenters. The Balaban J connectivity index is 2.20. The summed E-state index contributed by atoms with van der Waals surface area (Å²) < 4.78 is 10.4. The van der Waals surface area contributed by atoms with Crippen molar-refractivity contribution in [2.45, 2.75) is 6.61 Å². The Hall–Kier alpha value is -1.40. The molecule has 1 aliphatic heterocycles. The second-order valence-corrected chi connectivity index (χ2v) is 3.46. The molecule has 6 nitrogen and oxygen atoms in total. The minimum absolute atomic E-state index is 0.118. The van der Waals surface area contributed by atoms with Crippen molar-refractivity contribution in [3.05, 3.63) is 11.8 Å². The number of anilines is 1. The Morgan fingerprint density at radius 2 is 2.25 bits per heavy atom. The molecule has 0 radical (unpaired) electrons. The highest BCUT2D eigenvalue weighted by Gasteiger charge is 2.15. The number of aliphatic hydroxyl groups is 1. The fraction of sp³-hybridized carbons (Fsp3) is 0.600. The van der Waals surface area contributed by atoms with E-state index >= 15 is 0 Å². The van der Waals surface area contributed by atoms with Gasteiger partial charge in [-0.15, -0.1) is 0 Å². The van der Waals surface area contributed by atoms with E-state index in [1.807, 2.05) is 4.90 Å². The lowest BCUT2D eigenvalue weighted by atomic mass is 10.3. The van der Waals surface area contributed by atoms with Crippen LogP contribution in [0.5, 0.6) is 5.88 Å². The Kier molecular flexibility index (Phi) is 3.53. The van der Waals surface area contributed by atoms with E-state index < -0.39 is 0 Å². The van der Waals surface area contributed by atoms with Crippen LogP contribution in [0.25, 0.3) is 0 Å². The number of ether oxygens (including phenoxy) is 2. The molecule has 0 saturated carbocycles. The summed E-state index contributed by atoms with van der Waals surface area (Å²) in [6, 6.07) is 0. The van der Waals surface area contributed by atoms with E-state index in [2.05, 4.69) is 9.97 Å². The predicted molar refractivity (Wildman–Crippen MR) is 57.5 cm³/mol. The average molecular weight is 225 g/mol. The van der Waals surface area contributed by atoms with Crippen LogP contribution < -0.4 is 9.64 Å². The van der Waals surface area contributed by atoms with Crippen LogP contribution in [0.2, 0.25) is 0 Å². The van der Waals surface area contributed by atoms with Gasteiger partial charge < -0.3 is 19.5 Å². The van der Waals surface area contributed by atoms with Crippen molar-refractivity contribution in [1.29, 1.82) is 0 Å². The number of aromatic nitrogens is 2. The number of nitrogens with zero attached hydrogens (tertiary/aromatic N) is 3. The highest BCUT2D eigenvalue weighted by molar-refractivity contribution is 5.36. The molecule has 88 valence electrons. The van der Waals surface area contributed by atoms with Crippen molar-refractivity contribution in [1.82, 2.24) is 9.97 Å². The lowest BCUT2D eigenvalue weighted by molar-refractivity contribution is 0.122. The van der Waals surface area contributed by atoms with E-state index in [-0.39, 0.29) is 6.61 Å². The fourth-order valence-corrected chi connectivity index (χ4v) is 1.58. The number of morpholine rings is 1. The topological polar surface area (TPSA) is 67.7 Å². The van der Waals surface area contributed by atoms with Gasteiger partial charge in [0.05, 0.1) is 32.5 Å². The fourth-order valence-electron chi connectivity index (χ4n) is 1.58. The van der Waals surface area contributed by atoms with Crippen molar-refractivity contribution < 1.29 is 14.6 Å². The zero-order chi connectivity index (χ0) is 11.4. The molecule has 1 aromatic rings. The molecule has 0 aliphatic carbocycles. The zero-order valence-electron chi connectivity index (χ0n) is 9.22. The normalized spacial score (nSPS) is 16.2. The highest BCUT2D eigenvalue weighted by atomic mass is 16.5. The third kappa shape index (κ3) is 2.23. The summed E-state index contributed by atoms with van der Waals surface area (Å²) in [7, 11) is 1.53. The van der Waals surface area contributed by atoms with Gasteiger partial charge in [-0.25, -0.2) is 4.98 Å². The number of hydrogen-bond acceptors (Lipinski definition) is 6. The maximum atomic E-state index is 9.06. The molecular formula is C10H15N3O3. The molecule has 0 amide bonds. The second kappa shape index (κ2) is 5.09. The van der Waals surface area contributed by atoms with Crippen molar-refractivity contribution in [3.63, 3.8) is 0 Å². The summed E-state index contributed by atoms with van der Waals surface area (Å²) in [6.45, 7) is 2.82. The van der Waals surface area contributed by atoms with Gasteiger partial charge in [0.2, 0.25) is 11.8 Å². The molecule has 1 saturated heterocycles. The summed E-state index contributed by atoms with van der Waals surface area (Å²) in [5.41, 5.74) is 0.597. The Labute approximate surface area is 93.8 Å². The van der Waals surface area contributed by atoms with Crippen LogP contribution in [0.15, 0.2) is 6.20 Å². The molecule has 0 spiro atoms. The van der Waals surface area contributed by atoms with Crippen LogP contribution >= 0.6 is 0 Å². The number of methoxy groups -OCH3 is 1. The van der Waals surface area contributed by atoms with Crippen LogP contribution in [0.1, 0.15) is 5.56 Å². The first-order valence-corrected chi connectivity index (χ1v) is 5.18. The van der Waals surface area contributed by atoms with E-state index in [1.165, 1.54) is 7.11 Å². The first kappa shape index (κ1) is 11.1. The minimum atomic E-state index is -0.118. The molecule has 2 heterocycles. The third-order valence-electron chi connectivity index (χ3n) is 2.47. The quantitative estimate of drug-likeness (QED) is 0.769. The van der Waals surface area contributed by atoms with E-state index in [1.54, 1.807) is 6.20 Å². The van der Waals surface area contributed by atoms with Gasteiger partial charge in [-0.05, 0) is 0 Å². The predicted octanol–water partition coefficient (Wildman–Crippen LogP) is -0.186. The second-order valence-electron chi connectivity index (χ2n) is 3.46. The summed E-state index contributed by atoms with van der Waals surface area (Å²) >= 11 is 0. The van der Waals surface area contributed by atoms with Gasteiger partial charge in [0, 0.05) is 19.3 Å². The molecule has 1 fully saturated rings. The van der Waals surface area contributed by atoms with Gasteiger partial charge in [0.25, 0.3) is 0 Å². The van der Waals surface area contributed by atoms with E-state index in [9.17, 15) is 0 Å². The standard InChI is InChI=1S/C10H15N3O3/c1-15-9-8(7-14)6-11-10(12-9)13-2-4-16-5-3-13/h6,14H,2-5,7H2,1H3. The molecule has 6 heteroatoms. The first-order chi connectivity index (χ1) is 7.85. The van der Waals surface area contributed by atoms with Crippen LogP contribution in [0.4, 0.5) is 5.95 Å². The Bertz CT molecular complexity index is 353. The van der Waals surface area contributed by atoms with Crippen molar-refractivity contribution in [2.24, 2.45) is 0 Å². The van der Waals surface area contributed by atoms with E-state index in [0.717, 1.165) is 13.1 Å². The summed E-state index contributed by atoms with van der Waals surface area (Å²) in [6.07, 6.45) is 1.59. The Morgan fingerprint density at radius 1 is 1.50 bits per heavy atom. The van der Waals surface area contributed by atoms with Crippen LogP contribution in [0, 0.1) is 0 Å². The molecule has 1 N–H and O–H groups in total. The molecule has 0 atom stereocenters. The third-order valence-corrected chi connectivity index (χ3v) is 2.47. The van der Waals surface area contributed by atoms with Crippen LogP contribution in [0.3, 0.4) is 0 Å². The Morgan fingerprint density at radius 3 is 2.88 bits per heavy atom. The van der Waals surface area contributed by atoms with Crippen LogP contribution in [-0.4, -0.2) is 48.5 Å². The van der Waals surface area contributed by atoms with Gasteiger partial charge in [-0.2, -0.15) is 4.98 Å². The largest absolute Gasteiger partial charge is 0.481 e. The molecule has 16 heavy (non-hydrogen) atoms. The lowest BCUT2D eigenvalue weighted by Gasteiger charge is -2.26. The van der Waals surface area contributed by atoms with Crippen molar-refractivity contribution >= 4 is 5.95 Å². The smallest absolute Gasteiger partial charge is 0.228 e. The summed E-state index contributed by atoms with van der Waals surface area (Å²) in [4.78, 5) is 10.5. The summed E-state index contributed by atoms with van der Waals surface area (Å²) in [5.74, 6) is 1.05. The molecule has 1 aromatic heterocycles. The lowest BCUT2D eigenvalue weighted by Crippen LogP contribution is -2.37. The molecular weight excluding hydrogens is 210 g/mol. The average Bonchev–Trinajstić information content (AvgIpc) is 2.39. The van der Waals surface area contributed by atoms with Crippen LogP contribution in [-0.2, 0) is 11.3 Å². The monoisotopic (exact) mass is 225 g/mol. The maximum absolute atomic E-state index is 9.06. The molecule has 0 bridgehead atoms. The van der Waals surface area contributed by atoms with E-state index in [0.29, 0.717) is 30.6 Å². The first-order valence-electron chi connectivity index (χ1n) is 5.18. The molecule has 0 aromatic carbocycles. The van der Waals surface area contributed by atoms with Gasteiger partial charge >= 0.3 is 0 Å². The minimum Gasteiger partial charge on any atom is -0.481 e. The van der Waals surface area contributed by atoms with Gasteiger partial charge in [-0.1, -0.05) is 0 Å². The van der Waals surface area contributed by atoms with Gasteiger partial charge in [0.15, 0.2) is 0 Å². The number of rotatable bonds is 3. The molecule has 1 aliphatic rings. The zero-order valence-corrected chi connectivity index (χ0v) is 9.22. The van der Waals surface area contributed by atoms with Crippen molar-refractivity contribution in [2.75, 3.05) is 38.3 Å². The number of hydrogen-bond donors (Lipinski definition) is 1. The molecule has 2 rings (SSSR count). The summed E-state index contributed by atoms with van der Waals surface area (Å²) in [5, 5.41) is 9.06. The van der Waals surface area contributed by atoms with E-state index in [4.69, 9.17) is 14.6 Å². The van der Waals surface area contributed by atoms with Crippen molar-refractivity contribution in [3.8, 4) is 5.88 Å². The van der Waals surface area contributed by atoms with Gasteiger partial charge in [-0.3, -0.25) is 0 Å².